The smallest absolute Gasteiger partial charge is 0.304 e. The van der Waals surface area contributed by atoms with E-state index in [1.54, 1.807) is 6.07 Å². The highest BCUT2D eigenvalue weighted by Gasteiger charge is 2.19. The van der Waals surface area contributed by atoms with Gasteiger partial charge in [0, 0.05) is 29.7 Å². The molecule has 1 N–H and O–H groups in total. The lowest BCUT2D eigenvalue weighted by Crippen LogP contribution is -2.32. The van der Waals surface area contributed by atoms with Crippen molar-refractivity contribution in [2.75, 3.05) is 13.1 Å². The van der Waals surface area contributed by atoms with Crippen molar-refractivity contribution in [2.24, 2.45) is 0 Å². The topological polar surface area (TPSA) is 40.5 Å². The van der Waals surface area contributed by atoms with Gasteiger partial charge in [-0.25, -0.2) is 0 Å². The summed E-state index contributed by atoms with van der Waals surface area (Å²) in [7, 11) is 0. The zero-order valence-corrected chi connectivity index (χ0v) is 10.8. The lowest BCUT2D eigenvalue weighted by molar-refractivity contribution is -0.137. The molecule has 92 valence electrons. The van der Waals surface area contributed by atoms with Crippen molar-refractivity contribution < 1.29 is 9.90 Å². The normalized spacial score (nSPS) is 15.6. The van der Waals surface area contributed by atoms with Crippen molar-refractivity contribution in [3.63, 3.8) is 0 Å². The van der Waals surface area contributed by atoms with Gasteiger partial charge in [0.2, 0.25) is 0 Å². The second-order valence-corrected chi connectivity index (χ2v) is 5.04. The summed E-state index contributed by atoms with van der Waals surface area (Å²) in [5.74, 6) is -0.766. The number of carbonyl (C=O) groups is 1. The molecule has 0 aromatic heterocycles. The fourth-order valence-electron chi connectivity index (χ4n) is 2.08. The minimum absolute atomic E-state index is 0.167. The minimum atomic E-state index is -0.766. The van der Waals surface area contributed by atoms with E-state index in [-0.39, 0.29) is 6.42 Å². The maximum Gasteiger partial charge on any atom is 0.304 e. The lowest BCUT2D eigenvalue weighted by Gasteiger charge is -2.29. The van der Waals surface area contributed by atoms with Crippen LogP contribution in [0.15, 0.2) is 12.1 Å². The summed E-state index contributed by atoms with van der Waals surface area (Å²) in [4.78, 5) is 12.6. The van der Waals surface area contributed by atoms with Crippen LogP contribution in [0, 0.1) is 0 Å². The molecule has 2 rings (SSSR count). The van der Waals surface area contributed by atoms with E-state index >= 15 is 0 Å². The zero-order chi connectivity index (χ0) is 12.4. The van der Waals surface area contributed by atoms with Crippen LogP contribution in [0.5, 0.6) is 0 Å². The second-order valence-electron chi connectivity index (χ2n) is 4.20. The summed E-state index contributed by atoms with van der Waals surface area (Å²) >= 11 is 12.1. The quantitative estimate of drug-likeness (QED) is 0.921. The third-order valence-corrected chi connectivity index (χ3v) is 3.53. The van der Waals surface area contributed by atoms with E-state index in [0.717, 1.165) is 18.5 Å². The molecule has 1 heterocycles. The van der Waals surface area contributed by atoms with Crippen LogP contribution < -0.4 is 0 Å². The van der Waals surface area contributed by atoms with Crippen molar-refractivity contribution in [1.29, 1.82) is 0 Å². The summed E-state index contributed by atoms with van der Waals surface area (Å²) in [6.07, 6.45) is 1.04. The fourth-order valence-corrected chi connectivity index (χ4v) is 2.68. The Balaban J connectivity index is 2.10. The highest BCUT2D eigenvalue weighted by Crippen LogP contribution is 2.29. The van der Waals surface area contributed by atoms with E-state index in [9.17, 15) is 4.79 Å². The average molecular weight is 274 g/mol. The predicted octanol–water partition coefficient (Wildman–Crippen LogP) is 2.83. The summed E-state index contributed by atoms with van der Waals surface area (Å²) in [5.41, 5.74) is 2.25. The number of hydrogen-bond donors (Lipinski definition) is 1. The van der Waals surface area contributed by atoms with Crippen LogP contribution in [-0.4, -0.2) is 29.1 Å². The summed E-state index contributed by atoms with van der Waals surface area (Å²) in [6, 6.07) is 3.68. The first-order valence-corrected chi connectivity index (χ1v) is 6.23. The molecular weight excluding hydrogens is 261 g/mol. The molecule has 0 aliphatic carbocycles. The number of carboxylic acids is 1. The van der Waals surface area contributed by atoms with E-state index in [1.807, 2.05) is 6.07 Å². The highest BCUT2D eigenvalue weighted by molar-refractivity contribution is 6.35. The molecule has 0 spiro atoms. The van der Waals surface area contributed by atoms with Crippen LogP contribution >= 0.6 is 23.2 Å². The Morgan fingerprint density at radius 2 is 2.18 bits per heavy atom. The van der Waals surface area contributed by atoms with Gasteiger partial charge in [0.1, 0.15) is 0 Å². The molecule has 5 heteroatoms. The zero-order valence-electron chi connectivity index (χ0n) is 9.25. The van der Waals surface area contributed by atoms with Gasteiger partial charge in [0.25, 0.3) is 0 Å². The lowest BCUT2D eigenvalue weighted by atomic mass is 9.99. The first kappa shape index (κ1) is 12.7. The number of aliphatic carboxylic acids is 1. The molecular formula is C12H13Cl2NO2. The van der Waals surface area contributed by atoms with Crippen molar-refractivity contribution in [2.45, 2.75) is 19.4 Å². The van der Waals surface area contributed by atoms with Gasteiger partial charge in [-0.05, 0) is 29.7 Å². The van der Waals surface area contributed by atoms with E-state index in [1.165, 1.54) is 5.56 Å². The van der Waals surface area contributed by atoms with Crippen LogP contribution in [0.4, 0.5) is 0 Å². The van der Waals surface area contributed by atoms with Gasteiger partial charge in [0.15, 0.2) is 0 Å². The molecule has 0 radical (unpaired) electrons. The highest BCUT2D eigenvalue weighted by atomic mass is 35.5. The first-order valence-electron chi connectivity index (χ1n) is 5.47. The van der Waals surface area contributed by atoms with Gasteiger partial charge in [0.05, 0.1) is 6.42 Å². The van der Waals surface area contributed by atoms with E-state index in [2.05, 4.69) is 4.90 Å². The summed E-state index contributed by atoms with van der Waals surface area (Å²) in [6.45, 7) is 2.13. The minimum Gasteiger partial charge on any atom is -0.481 e. The van der Waals surface area contributed by atoms with E-state index in [4.69, 9.17) is 28.3 Å². The van der Waals surface area contributed by atoms with Crippen LogP contribution in [0.25, 0.3) is 0 Å². The Bertz CT molecular complexity index is 448. The Kier molecular flexibility index (Phi) is 3.92. The molecule has 0 saturated carbocycles. The third kappa shape index (κ3) is 3.12. The largest absolute Gasteiger partial charge is 0.481 e. The predicted molar refractivity (Wildman–Crippen MR) is 67.7 cm³/mol. The van der Waals surface area contributed by atoms with Gasteiger partial charge in [-0.15, -0.1) is 0 Å². The molecule has 3 nitrogen and oxygen atoms in total. The van der Waals surface area contributed by atoms with Crippen molar-refractivity contribution in [3.8, 4) is 0 Å². The molecule has 1 aromatic rings. The number of fused-ring (bicyclic) bond motifs is 1. The number of halogens is 2. The van der Waals surface area contributed by atoms with Gasteiger partial charge < -0.3 is 5.11 Å². The van der Waals surface area contributed by atoms with E-state index < -0.39 is 5.97 Å². The Labute approximate surface area is 110 Å². The third-order valence-electron chi connectivity index (χ3n) is 2.97. The van der Waals surface area contributed by atoms with Gasteiger partial charge in [-0.2, -0.15) is 0 Å². The number of carboxylic acid groups (broad SMARTS) is 1. The number of nitrogens with zero attached hydrogens (tertiary/aromatic N) is 1. The summed E-state index contributed by atoms with van der Waals surface area (Å²) < 4.78 is 0. The van der Waals surface area contributed by atoms with Gasteiger partial charge in [-0.1, -0.05) is 23.2 Å². The first-order chi connectivity index (χ1) is 8.06. The van der Waals surface area contributed by atoms with E-state index in [0.29, 0.717) is 23.1 Å². The monoisotopic (exact) mass is 273 g/mol. The Morgan fingerprint density at radius 3 is 2.88 bits per heavy atom. The summed E-state index contributed by atoms with van der Waals surface area (Å²) in [5, 5.41) is 9.99. The molecule has 0 saturated heterocycles. The molecule has 0 fully saturated rings. The number of benzene rings is 1. The van der Waals surface area contributed by atoms with Crippen LogP contribution in [0.2, 0.25) is 10.0 Å². The molecule has 0 atom stereocenters. The van der Waals surface area contributed by atoms with Crippen LogP contribution in [0.3, 0.4) is 0 Å². The molecule has 1 aliphatic rings. The van der Waals surface area contributed by atoms with Gasteiger partial charge >= 0.3 is 5.97 Å². The molecule has 0 amide bonds. The Morgan fingerprint density at radius 1 is 1.41 bits per heavy atom. The Hall–Kier alpha value is -0.770. The van der Waals surface area contributed by atoms with Crippen LogP contribution in [-0.2, 0) is 17.8 Å². The SMILES string of the molecule is O=C(O)CCN1CCc2cc(Cl)cc(Cl)c2C1. The van der Waals surface area contributed by atoms with Crippen molar-refractivity contribution >= 4 is 29.2 Å². The second kappa shape index (κ2) is 5.25. The standard InChI is InChI=1S/C12H13Cl2NO2/c13-9-5-8-1-3-15(4-2-12(16)17)7-10(8)11(14)6-9/h5-6H,1-4,7H2,(H,16,17). The molecule has 0 unspecified atom stereocenters. The maximum atomic E-state index is 10.5. The van der Waals surface area contributed by atoms with Gasteiger partial charge in [-0.3, -0.25) is 9.69 Å². The fraction of sp³-hybridized carbons (Fsp3) is 0.417. The number of hydrogen-bond acceptors (Lipinski definition) is 2. The number of rotatable bonds is 3. The molecule has 1 aromatic carbocycles. The van der Waals surface area contributed by atoms with Crippen molar-refractivity contribution in [1.82, 2.24) is 4.90 Å². The van der Waals surface area contributed by atoms with Crippen LogP contribution in [0.1, 0.15) is 17.5 Å². The molecule has 1 aliphatic heterocycles. The molecule has 0 bridgehead atoms. The maximum absolute atomic E-state index is 10.5. The van der Waals surface area contributed by atoms with Crippen molar-refractivity contribution in [3.05, 3.63) is 33.3 Å². The molecule has 17 heavy (non-hydrogen) atoms. The average Bonchev–Trinajstić information content (AvgIpc) is 2.26.